The number of carbonyl (C=O) groups is 12. The summed E-state index contributed by atoms with van der Waals surface area (Å²) in [6.07, 6.45) is 5.94. The third-order valence-corrected chi connectivity index (χ3v) is 14.1. The lowest BCUT2D eigenvalue weighted by molar-refractivity contribution is -0.147. The Hall–Kier alpha value is -7.40. The Bertz CT molecular complexity index is 2330. The van der Waals surface area contributed by atoms with Gasteiger partial charge in [0.25, 0.3) is 0 Å². The smallest absolute Gasteiger partial charge is 0.246 e. The van der Waals surface area contributed by atoms with E-state index in [0.29, 0.717) is 37.7 Å². The molecule has 404 valence electrons. The van der Waals surface area contributed by atoms with E-state index in [1.165, 1.54) is 9.80 Å². The van der Waals surface area contributed by atoms with Crippen molar-refractivity contribution in [3.05, 3.63) is 47.5 Å². The van der Waals surface area contributed by atoms with E-state index in [0.717, 1.165) is 5.56 Å². The van der Waals surface area contributed by atoms with Gasteiger partial charge in [0.2, 0.25) is 70.9 Å². The van der Waals surface area contributed by atoms with E-state index in [2.05, 4.69) is 47.9 Å². The minimum Gasteiger partial charge on any atom is -0.368 e. The van der Waals surface area contributed by atoms with E-state index in [4.69, 9.17) is 5.73 Å². The summed E-state index contributed by atoms with van der Waals surface area (Å²) in [7, 11) is 0. The summed E-state index contributed by atoms with van der Waals surface area (Å²) < 4.78 is 0. The van der Waals surface area contributed by atoms with E-state index in [1.807, 2.05) is 45.0 Å². The van der Waals surface area contributed by atoms with Crippen molar-refractivity contribution in [2.24, 2.45) is 17.6 Å². The molecule has 3 fully saturated rings. The SMILES string of the molecule is CCCC1NC(=O)CC(C(N)=O)NC(=O)CNC(=O)C2(CCC2[C@@H](C)CC)NC(=O)C2CCCN2C(=O)CNC(=O)CNC(=O)C(Cc2ccc(C)cc2)N2CCC=CCC(NC(=O)CNC(=O)CNC1=O)C2=O. The number of amides is 12. The first-order valence-electron chi connectivity index (χ1n) is 25.4. The number of nitrogens with zero attached hydrogens (tertiary/aromatic N) is 2. The van der Waals surface area contributed by atoms with Gasteiger partial charge in [-0.1, -0.05) is 75.6 Å². The van der Waals surface area contributed by atoms with Crippen molar-refractivity contribution >= 4 is 70.9 Å². The molecular formula is C50H72N12O12. The van der Waals surface area contributed by atoms with Gasteiger partial charge in [0.1, 0.15) is 35.7 Å². The molecule has 2 bridgehead atoms. The summed E-state index contributed by atoms with van der Waals surface area (Å²) in [5, 5.41) is 22.8. The molecule has 8 atom stereocenters. The van der Waals surface area contributed by atoms with Gasteiger partial charge in [0.05, 0.1) is 39.1 Å². The van der Waals surface area contributed by atoms with Crippen molar-refractivity contribution < 1.29 is 57.5 Å². The Balaban J connectivity index is 1.39. The zero-order chi connectivity index (χ0) is 54.1. The van der Waals surface area contributed by atoms with Crippen LogP contribution in [0, 0.1) is 18.8 Å². The molecule has 11 N–H and O–H groups in total. The first-order valence-corrected chi connectivity index (χ1v) is 25.4. The number of carbonyl (C=O) groups excluding carboxylic acids is 12. The molecule has 74 heavy (non-hydrogen) atoms. The summed E-state index contributed by atoms with van der Waals surface area (Å²) >= 11 is 0. The molecule has 1 aliphatic carbocycles. The van der Waals surface area contributed by atoms with E-state index in [-0.39, 0.29) is 57.0 Å². The number of aryl methyl sites for hydroxylation is 1. The van der Waals surface area contributed by atoms with Gasteiger partial charge in [-0.05, 0) is 69.3 Å². The van der Waals surface area contributed by atoms with Crippen LogP contribution in [0.15, 0.2) is 36.4 Å². The number of hydrogen-bond acceptors (Lipinski definition) is 12. The molecule has 5 rings (SSSR count). The van der Waals surface area contributed by atoms with Gasteiger partial charge in [-0.3, -0.25) is 57.5 Å². The summed E-state index contributed by atoms with van der Waals surface area (Å²) in [5.74, 6) is -9.41. The zero-order valence-corrected chi connectivity index (χ0v) is 42.6. The third kappa shape index (κ3) is 15.6. The van der Waals surface area contributed by atoms with Crippen LogP contribution in [0.1, 0.15) is 96.1 Å². The Morgan fingerprint density at radius 3 is 2.01 bits per heavy atom. The molecular weight excluding hydrogens is 961 g/mol. The van der Waals surface area contributed by atoms with Crippen molar-refractivity contribution in [3.8, 4) is 0 Å². The van der Waals surface area contributed by atoms with Crippen LogP contribution in [0.2, 0.25) is 0 Å². The van der Waals surface area contributed by atoms with Gasteiger partial charge in [-0.25, -0.2) is 0 Å². The Morgan fingerprint density at radius 1 is 0.716 bits per heavy atom. The minimum atomic E-state index is -1.57. The highest BCUT2D eigenvalue weighted by molar-refractivity contribution is 5.99. The maximum atomic E-state index is 14.3. The molecule has 3 aliphatic heterocycles. The fraction of sp³-hybridized carbons (Fsp3) is 0.600. The summed E-state index contributed by atoms with van der Waals surface area (Å²) in [6, 6.07) is 1.23. The maximum Gasteiger partial charge on any atom is 0.246 e. The average Bonchev–Trinajstić information content (AvgIpc) is 3.86. The monoisotopic (exact) mass is 1030 g/mol. The van der Waals surface area contributed by atoms with Crippen LogP contribution in [0.5, 0.6) is 0 Å². The molecule has 24 heteroatoms. The molecule has 0 aromatic heterocycles. The topological polar surface area (TPSA) is 346 Å². The molecule has 2 saturated heterocycles. The van der Waals surface area contributed by atoms with E-state index < -0.39 is 146 Å². The van der Waals surface area contributed by atoms with E-state index in [9.17, 15) is 57.5 Å². The van der Waals surface area contributed by atoms with Crippen LogP contribution in [0.3, 0.4) is 0 Å². The second kappa shape index (κ2) is 27.1. The van der Waals surface area contributed by atoms with Crippen molar-refractivity contribution in [2.75, 3.05) is 45.8 Å². The second-order valence-corrected chi connectivity index (χ2v) is 19.4. The lowest BCUT2D eigenvalue weighted by atomic mass is 9.60. The first kappa shape index (κ1) is 57.5. The first-order chi connectivity index (χ1) is 35.3. The summed E-state index contributed by atoms with van der Waals surface area (Å²) in [5.41, 5.74) is 5.74. The molecule has 1 aromatic rings. The van der Waals surface area contributed by atoms with Gasteiger partial charge < -0.3 is 63.4 Å². The fourth-order valence-corrected chi connectivity index (χ4v) is 9.67. The minimum absolute atomic E-state index is 0.0373. The van der Waals surface area contributed by atoms with Crippen LogP contribution in [0.4, 0.5) is 0 Å². The molecule has 1 saturated carbocycles. The Kier molecular flexibility index (Phi) is 21.0. The average molecular weight is 1030 g/mol. The summed E-state index contributed by atoms with van der Waals surface area (Å²) in [6.45, 7) is 4.76. The standard InChI is InChI=1S/C50H72N12O12/c1-5-11-33-45(70)54-24-39(64)52-26-41(66)58-34-12-8-7-9-20-62(48(34)73)37(22-31-16-14-29(3)15-17-31)46(71)55-25-40(65)53-28-43(68)61-21-10-13-36(61)47(72)60-50(19-18-32(50)30(4)6-2)49(74)56-27-42(67)59-35(44(51)69)23-38(63)57-33/h7-8,14-17,30,32-37H,5-6,9-13,18-28H2,1-4H3,(H2,51,69)(H,52,64)(H,53,65)(H,54,70)(H,55,71)(H,56,74)(H,57,63)(H,58,66)(H,59,67)(H,60,72)/t30-,32?,33?,34?,35?,36?,37?,50?/m0/s1. The molecule has 0 radical (unpaired) electrons. The predicted octanol–water partition coefficient (Wildman–Crippen LogP) is -2.89. The lowest BCUT2D eigenvalue weighted by Crippen LogP contribution is -2.71. The number of nitrogens with two attached hydrogens (primary N) is 1. The molecule has 4 aliphatic rings. The summed E-state index contributed by atoms with van der Waals surface area (Å²) in [4.78, 5) is 164. The molecule has 1 aromatic carbocycles. The van der Waals surface area contributed by atoms with Crippen LogP contribution < -0.4 is 53.6 Å². The van der Waals surface area contributed by atoms with Crippen LogP contribution in [-0.4, -0.2) is 162 Å². The largest absolute Gasteiger partial charge is 0.368 e. The van der Waals surface area contributed by atoms with Gasteiger partial charge in [-0.15, -0.1) is 0 Å². The highest BCUT2D eigenvalue weighted by Gasteiger charge is 2.56. The van der Waals surface area contributed by atoms with Gasteiger partial charge in [0, 0.05) is 19.5 Å². The Morgan fingerprint density at radius 2 is 1.36 bits per heavy atom. The van der Waals surface area contributed by atoms with Crippen LogP contribution >= 0.6 is 0 Å². The molecule has 12 amide bonds. The number of primary amides is 1. The van der Waals surface area contributed by atoms with Crippen LogP contribution in [0.25, 0.3) is 0 Å². The van der Waals surface area contributed by atoms with E-state index >= 15 is 0 Å². The molecule has 7 unspecified atom stereocenters. The highest BCUT2D eigenvalue weighted by Crippen LogP contribution is 2.45. The molecule has 1 spiro atoms. The quantitative estimate of drug-likeness (QED) is 0.123. The molecule has 3 heterocycles. The van der Waals surface area contributed by atoms with Crippen molar-refractivity contribution in [2.45, 2.75) is 134 Å². The highest BCUT2D eigenvalue weighted by atomic mass is 16.2. The van der Waals surface area contributed by atoms with E-state index in [1.54, 1.807) is 19.1 Å². The second-order valence-electron chi connectivity index (χ2n) is 19.4. The zero-order valence-electron chi connectivity index (χ0n) is 42.6. The number of benzene rings is 1. The fourth-order valence-electron chi connectivity index (χ4n) is 9.67. The third-order valence-electron chi connectivity index (χ3n) is 14.1. The Labute approximate surface area is 430 Å². The van der Waals surface area contributed by atoms with Crippen molar-refractivity contribution in [1.29, 1.82) is 0 Å². The molecule has 24 nitrogen and oxygen atoms in total. The number of rotatable bonds is 7. The van der Waals surface area contributed by atoms with Crippen LogP contribution in [-0.2, 0) is 64.0 Å². The van der Waals surface area contributed by atoms with Crippen molar-refractivity contribution in [1.82, 2.24) is 57.7 Å². The predicted molar refractivity (Wildman–Crippen MR) is 266 cm³/mol. The number of hydrogen-bond donors (Lipinski definition) is 10. The maximum absolute atomic E-state index is 14.3. The van der Waals surface area contributed by atoms with Gasteiger partial charge in [-0.2, -0.15) is 0 Å². The number of fused-ring (bicyclic) bond motifs is 3. The lowest BCUT2D eigenvalue weighted by Gasteiger charge is -2.51. The van der Waals surface area contributed by atoms with Gasteiger partial charge in [0.15, 0.2) is 0 Å². The normalized spacial score (nSPS) is 27.6. The number of nitrogens with one attached hydrogen (secondary N) is 9. The van der Waals surface area contributed by atoms with Crippen molar-refractivity contribution in [3.63, 3.8) is 0 Å². The van der Waals surface area contributed by atoms with Gasteiger partial charge >= 0.3 is 0 Å².